The van der Waals surface area contributed by atoms with Crippen molar-refractivity contribution >= 4 is 0 Å². The van der Waals surface area contributed by atoms with Crippen LogP contribution in [0.4, 0.5) is 0 Å². The van der Waals surface area contributed by atoms with Crippen LogP contribution in [0.25, 0.3) is 0 Å². The molecule has 0 aromatic heterocycles. The fourth-order valence-electron chi connectivity index (χ4n) is 3.35. The van der Waals surface area contributed by atoms with Crippen molar-refractivity contribution in [2.45, 2.75) is 51.0 Å². The molecular formula is C19H30N2. The normalized spacial score (nSPS) is 21.5. The van der Waals surface area contributed by atoms with Gasteiger partial charge in [-0.05, 0) is 43.7 Å². The highest BCUT2D eigenvalue weighted by atomic mass is 15.2. The fourth-order valence-corrected chi connectivity index (χ4v) is 3.35. The molecule has 1 unspecified atom stereocenters. The summed E-state index contributed by atoms with van der Waals surface area (Å²) in [6, 6.07) is 12.0. The Kier molecular flexibility index (Phi) is 4.66. The second-order valence-corrected chi connectivity index (χ2v) is 7.31. The van der Waals surface area contributed by atoms with Gasteiger partial charge in [-0.2, -0.15) is 0 Å². The van der Waals surface area contributed by atoms with Crippen LogP contribution in [-0.2, 0) is 5.41 Å². The summed E-state index contributed by atoms with van der Waals surface area (Å²) in [5.74, 6) is 0.991. The van der Waals surface area contributed by atoms with Crippen LogP contribution >= 0.6 is 0 Å². The number of nitrogens with one attached hydrogen (secondary N) is 1. The van der Waals surface area contributed by atoms with E-state index in [1.54, 1.807) is 0 Å². The van der Waals surface area contributed by atoms with Crippen molar-refractivity contribution in [3.05, 3.63) is 35.9 Å². The van der Waals surface area contributed by atoms with Gasteiger partial charge in [-0.3, -0.25) is 4.90 Å². The lowest BCUT2D eigenvalue weighted by Gasteiger charge is -2.37. The van der Waals surface area contributed by atoms with E-state index in [9.17, 15) is 0 Å². The number of rotatable bonds is 9. The molecule has 0 spiro atoms. The maximum Gasteiger partial charge on any atom is 0.0177 e. The zero-order valence-electron chi connectivity index (χ0n) is 13.6. The fraction of sp³-hybridized carbons (Fsp3) is 0.684. The Morgan fingerprint density at radius 1 is 1.14 bits per heavy atom. The van der Waals surface area contributed by atoms with Crippen LogP contribution < -0.4 is 5.32 Å². The summed E-state index contributed by atoms with van der Waals surface area (Å²) in [5, 5.41) is 3.59. The Morgan fingerprint density at radius 3 is 2.43 bits per heavy atom. The van der Waals surface area contributed by atoms with E-state index in [1.165, 1.54) is 44.3 Å². The van der Waals surface area contributed by atoms with Gasteiger partial charge in [-0.25, -0.2) is 0 Å². The maximum absolute atomic E-state index is 3.59. The minimum atomic E-state index is 0.217. The van der Waals surface area contributed by atoms with Gasteiger partial charge in [0.25, 0.3) is 0 Å². The minimum absolute atomic E-state index is 0.217. The van der Waals surface area contributed by atoms with E-state index in [0.29, 0.717) is 0 Å². The summed E-state index contributed by atoms with van der Waals surface area (Å²) in [6.45, 7) is 9.29. The Morgan fingerprint density at radius 2 is 1.86 bits per heavy atom. The molecule has 0 radical (unpaired) electrons. The number of hydrogen-bond donors (Lipinski definition) is 1. The van der Waals surface area contributed by atoms with E-state index >= 15 is 0 Å². The minimum Gasteiger partial charge on any atom is -0.316 e. The van der Waals surface area contributed by atoms with Crippen LogP contribution in [-0.4, -0.2) is 37.1 Å². The van der Waals surface area contributed by atoms with Gasteiger partial charge in [-0.1, -0.05) is 44.2 Å². The molecule has 1 aromatic rings. The van der Waals surface area contributed by atoms with Crippen molar-refractivity contribution in [3.63, 3.8) is 0 Å². The highest BCUT2D eigenvalue weighted by Crippen LogP contribution is 2.37. The highest BCUT2D eigenvalue weighted by Gasteiger charge is 2.38. The molecule has 2 fully saturated rings. The highest BCUT2D eigenvalue weighted by molar-refractivity contribution is 5.26. The van der Waals surface area contributed by atoms with Crippen molar-refractivity contribution in [1.82, 2.24) is 10.2 Å². The molecule has 1 N–H and O–H groups in total. The molecule has 0 amide bonds. The first-order chi connectivity index (χ1) is 10.2. The van der Waals surface area contributed by atoms with Crippen LogP contribution in [0.3, 0.4) is 0 Å². The second kappa shape index (κ2) is 6.50. The average molecular weight is 286 g/mol. The van der Waals surface area contributed by atoms with E-state index in [4.69, 9.17) is 0 Å². The average Bonchev–Trinajstić information content (AvgIpc) is 3.38. The number of hydrogen-bond acceptors (Lipinski definition) is 2. The first kappa shape index (κ1) is 15.1. The summed E-state index contributed by atoms with van der Waals surface area (Å²) in [7, 11) is 0. The predicted molar refractivity (Wildman–Crippen MR) is 89.7 cm³/mol. The van der Waals surface area contributed by atoms with Gasteiger partial charge in [0.15, 0.2) is 0 Å². The largest absolute Gasteiger partial charge is 0.316 e. The van der Waals surface area contributed by atoms with E-state index in [2.05, 4.69) is 54.4 Å². The molecule has 2 saturated carbocycles. The third-order valence-corrected chi connectivity index (χ3v) is 5.04. The Bertz CT molecular complexity index is 436. The predicted octanol–water partition coefficient (Wildman–Crippen LogP) is 3.43. The summed E-state index contributed by atoms with van der Waals surface area (Å²) in [6.07, 6.45) is 5.74. The zero-order chi connectivity index (χ0) is 14.7. The standard InChI is InChI=1S/C19H30N2/c1-3-20-14-19(2,17-7-5-4-6-8-17)15-21(18-11-12-18)13-16-9-10-16/h4-8,16,18,20H,3,9-15H2,1-2H3. The third kappa shape index (κ3) is 4.08. The molecule has 2 nitrogen and oxygen atoms in total. The third-order valence-electron chi connectivity index (χ3n) is 5.04. The maximum atomic E-state index is 3.59. The lowest BCUT2D eigenvalue weighted by Crippen LogP contribution is -2.46. The number of likely N-dealkylation sites (N-methyl/N-ethyl adjacent to an activating group) is 1. The van der Waals surface area contributed by atoms with E-state index in [-0.39, 0.29) is 5.41 Å². The van der Waals surface area contributed by atoms with Crippen LogP contribution in [0.5, 0.6) is 0 Å². The SMILES string of the molecule is CCNCC(C)(CN(CC1CC1)C1CC1)c1ccccc1. The van der Waals surface area contributed by atoms with Gasteiger partial charge in [0.2, 0.25) is 0 Å². The van der Waals surface area contributed by atoms with Crippen molar-refractivity contribution in [2.75, 3.05) is 26.2 Å². The van der Waals surface area contributed by atoms with Gasteiger partial charge in [0.05, 0.1) is 0 Å². The molecule has 1 atom stereocenters. The van der Waals surface area contributed by atoms with Crippen LogP contribution in [0.2, 0.25) is 0 Å². The first-order valence-corrected chi connectivity index (χ1v) is 8.71. The summed E-state index contributed by atoms with van der Waals surface area (Å²) >= 11 is 0. The number of nitrogens with zero attached hydrogens (tertiary/aromatic N) is 1. The summed E-state index contributed by atoms with van der Waals surface area (Å²) in [4.78, 5) is 2.79. The van der Waals surface area contributed by atoms with Gasteiger partial charge in [-0.15, -0.1) is 0 Å². The molecule has 0 heterocycles. The van der Waals surface area contributed by atoms with Crippen LogP contribution in [0, 0.1) is 5.92 Å². The molecule has 0 bridgehead atoms. The quantitative estimate of drug-likeness (QED) is 0.748. The molecule has 21 heavy (non-hydrogen) atoms. The summed E-state index contributed by atoms with van der Waals surface area (Å²) < 4.78 is 0. The lowest BCUT2D eigenvalue weighted by molar-refractivity contribution is 0.195. The molecule has 2 aliphatic rings. The zero-order valence-corrected chi connectivity index (χ0v) is 13.6. The van der Waals surface area contributed by atoms with Crippen LogP contribution in [0.15, 0.2) is 30.3 Å². The second-order valence-electron chi connectivity index (χ2n) is 7.31. The molecule has 3 rings (SSSR count). The molecular weight excluding hydrogens is 256 g/mol. The van der Waals surface area contributed by atoms with E-state index in [1.807, 2.05) is 0 Å². The van der Waals surface area contributed by atoms with E-state index in [0.717, 1.165) is 25.0 Å². The number of benzene rings is 1. The Labute approximate surface area is 129 Å². The van der Waals surface area contributed by atoms with Gasteiger partial charge < -0.3 is 5.32 Å². The molecule has 2 aliphatic carbocycles. The van der Waals surface area contributed by atoms with Crippen molar-refractivity contribution < 1.29 is 0 Å². The monoisotopic (exact) mass is 286 g/mol. The van der Waals surface area contributed by atoms with Crippen molar-refractivity contribution in [3.8, 4) is 0 Å². The van der Waals surface area contributed by atoms with E-state index < -0.39 is 0 Å². The Balaban J connectivity index is 1.73. The Hall–Kier alpha value is -0.860. The topological polar surface area (TPSA) is 15.3 Å². The van der Waals surface area contributed by atoms with Crippen molar-refractivity contribution in [1.29, 1.82) is 0 Å². The molecule has 1 aromatic carbocycles. The smallest absolute Gasteiger partial charge is 0.0177 e. The van der Waals surface area contributed by atoms with Gasteiger partial charge >= 0.3 is 0 Å². The first-order valence-electron chi connectivity index (χ1n) is 8.71. The van der Waals surface area contributed by atoms with Gasteiger partial charge in [0.1, 0.15) is 0 Å². The summed E-state index contributed by atoms with van der Waals surface area (Å²) in [5.41, 5.74) is 1.70. The lowest BCUT2D eigenvalue weighted by atomic mass is 9.81. The van der Waals surface area contributed by atoms with Crippen molar-refractivity contribution in [2.24, 2.45) is 5.92 Å². The van der Waals surface area contributed by atoms with Crippen LogP contribution in [0.1, 0.15) is 45.1 Å². The van der Waals surface area contributed by atoms with Gasteiger partial charge in [0, 0.05) is 31.1 Å². The molecule has 2 heteroatoms. The molecule has 0 saturated heterocycles. The molecule has 116 valence electrons. The molecule has 0 aliphatic heterocycles.